The van der Waals surface area contributed by atoms with E-state index >= 15 is 0 Å². The largest absolute Gasteiger partial charge is 0.438 e. The van der Waals surface area contributed by atoms with Gasteiger partial charge in [0.2, 0.25) is 5.55 Å². The second-order valence-electron chi connectivity index (χ2n) is 5.62. The van der Waals surface area contributed by atoms with Gasteiger partial charge in [0, 0.05) is 21.4 Å². The molecular weight excluding hydrogens is 469 g/mol. The second kappa shape index (κ2) is 7.83. The van der Waals surface area contributed by atoms with E-state index in [1.165, 1.54) is 23.5 Å². The highest BCUT2D eigenvalue weighted by atomic mass is 79.9. The van der Waals surface area contributed by atoms with Crippen LogP contribution in [-0.4, -0.2) is 10.9 Å². The van der Waals surface area contributed by atoms with Crippen LogP contribution in [0.15, 0.2) is 67.9 Å². The Kier molecular flexibility index (Phi) is 5.25. The van der Waals surface area contributed by atoms with Gasteiger partial charge in [-0.15, -0.1) is 11.3 Å². The van der Waals surface area contributed by atoms with Crippen LogP contribution in [0.4, 0.5) is 15.2 Å². The molecule has 0 aliphatic heterocycles. The number of hydrogen-bond acceptors (Lipinski definition) is 5. The van der Waals surface area contributed by atoms with Crippen LogP contribution in [0.5, 0.6) is 0 Å². The first-order chi connectivity index (χ1) is 13.5. The van der Waals surface area contributed by atoms with E-state index < -0.39 is 11.7 Å². The molecule has 0 unspecified atom stereocenters. The Labute approximate surface area is 175 Å². The SMILES string of the molecule is O=C(Nc1nccs1)c1cc2cc(Br)ccc2oc1=Nc1cccc(Cl)c1F. The van der Waals surface area contributed by atoms with Crippen molar-refractivity contribution in [2.24, 2.45) is 4.99 Å². The molecule has 140 valence electrons. The van der Waals surface area contributed by atoms with Crippen LogP contribution >= 0.6 is 38.9 Å². The van der Waals surface area contributed by atoms with Gasteiger partial charge in [0.15, 0.2) is 10.9 Å². The maximum absolute atomic E-state index is 14.3. The third-order valence-corrected chi connectivity index (χ3v) is 5.23. The van der Waals surface area contributed by atoms with Crippen molar-refractivity contribution in [1.82, 2.24) is 4.98 Å². The molecule has 0 aliphatic carbocycles. The van der Waals surface area contributed by atoms with Gasteiger partial charge in [0.05, 0.1) is 5.02 Å². The van der Waals surface area contributed by atoms with E-state index in [9.17, 15) is 9.18 Å². The van der Waals surface area contributed by atoms with Gasteiger partial charge in [-0.3, -0.25) is 10.1 Å². The first-order valence-electron chi connectivity index (χ1n) is 7.94. The average Bonchev–Trinajstić information content (AvgIpc) is 3.18. The standard InChI is InChI=1S/C19H10BrClFN3O2S/c20-11-4-5-15-10(8-11)9-12(17(26)25-19-23-6-7-28-19)18(27-15)24-14-3-1-2-13(21)16(14)22/h1-9H,(H,23,25,26). The molecule has 0 saturated heterocycles. The number of nitrogens with zero attached hydrogens (tertiary/aromatic N) is 2. The van der Waals surface area contributed by atoms with Crippen LogP contribution in [0.3, 0.4) is 0 Å². The number of carbonyl (C=O) groups excluding carboxylic acids is 1. The molecule has 5 nitrogen and oxygen atoms in total. The summed E-state index contributed by atoms with van der Waals surface area (Å²) in [6.07, 6.45) is 1.58. The Morgan fingerprint density at radius 1 is 1.29 bits per heavy atom. The molecule has 28 heavy (non-hydrogen) atoms. The molecule has 0 fully saturated rings. The monoisotopic (exact) mass is 477 g/mol. The predicted octanol–water partition coefficient (Wildman–Crippen LogP) is 5.93. The summed E-state index contributed by atoms with van der Waals surface area (Å²) in [5.74, 6) is -1.16. The van der Waals surface area contributed by atoms with Gasteiger partial charge in [0.25, 0.3) is 5.91 Å². The molecule has 0 radical (unpaired) electrons. The molecule has 1 N–H and O–H groups in total. The fraction of sp³-hybridized carbons (Fsp3) is 0. The number of benzene rings is 2. The highest BCUT2D eigenvalue weighted by Gasteiger charge is 2.15. The Morgan fingerprint density at radius 3 is 2.93 bits per heavy atom. The van der Waals surface area contributed by atoms with Gasteiger partial charge in [-0.05, 0) is 36.4 Å². The highest BCUT2D eigenvalue weighted by Crippen LogP contribution is 2.25. The number of thiazole rings is 1. The Hall–Kier alpha value is -2.55. The molecule has 9 heteroatoms. The number of anilines is 1. The summed E-state index contributed by atoms with van der Waals surface area (Å²) in [4.78, 5) is 21.1. The van der Waals surface area contributed by atoms with Gasteiger partial charge in [-0.1, -0.05) is 33.6 Å². The van der Waals surface area contributed by atoms with Crippen LogP contribution in [0.1, 0.15) is 10.4 Å². The van der Waals surface area contributed by atoms with Gasteiger partial charge in [-0.25, -0.2) is 14.4 Å². The van der Waals surface area contributed by atoms with Crippen molar-refractivity contribution in [3.63, 3.8) is 0 Å². The number of fused-ring (bicyclic) bond motifs is 1. The summed E-state index contributed by atoms with van der Waals surface area (Å²) in [6, 6.07) is 11.4. The summed E-state index contributed by atoms with van der Waals surface area (Å²) in [5, 5.41) is 5.47. The molecule has 4 aromatic rings. The Bertz CT molecular complexity index is 1260. The van der Waals surface area contributed by atoms with E-state index in [1.54, 1.807) is 35.8 Å². The number of amides is 1. The summed E-state index contributed by atoms with van der Waals surface area (Å²) < 4.78 is 20.9. The molecule has 2 aromatic carbocycles. The van der Waals surface area contributed by atoms with E-state index in [-0.39, 0.29) is 21.8 Å². The van der Waals surface area contributed by atoms with E-state index in [4.69, 9.17) is 16.0 Å². The minimum atomic E-state index is -0.693. The zero-order valence-electron chi connectivity index (χ0n) is 13.9. The maximum Gasteiger partial charge on any atom is 0.262 e. The topological polar surface area (TPSA) is 67.5 Å². The minimum Gasteiger partial charge on any atom is -0.438 e. The normalized spacial score (nSPS) is 11.8. The van der Waals surface area contributed by atoms with Crippen LogP contribution in [0, 0.1) is 5.82 Å². The third kappa shape index (κ3) is 3.84. The third-order valence-electron chi connectivity index (χ3n) is 3.76. The molecule has 0 atom stereocenters. The van der Waals surface area contributed by atoms with E-state index in [0.717, 1.165) is 4.47 Å². The predicted molar refractivity (Wildman–Crippen MR) is 111 cm³/mol. The molecule has 2 heterocycles. The maximum atomic E-state index is 14.3. The molecule has 2 aromatic heterocycles. The van der Waals surface area contributed by atoms with Crippen LogP contribution in [-0.2, 0) is 0 Å². The van der Waals surface area contributed by atoms with Crippen molar-refractivity contribution in [2.45, 2.75) is 0 Å². The second-order valence-corrected chi connectivity index (χ2v) is 7.84. The van der Waals surface area contributed by atoms with Crippen molar-refractivity contribution in [3.05, 3.63) is 80.5 Å². The summed E-state index contributed by atoms with van der Waals surface area (Å²) in [5.41, 5.74) is 0.566. The van der Waals surface area contributed by atoms with Crippen molar-refractivity contribution in [1.29, 1.82) is 0 Å². The average molecular weight is 479 g/mol. The molecule has 0 saturated carbocycles. The van der Waals surface area contributed by atoms with Crippen molar-refractivity contribution < 1.29 is 13.6 Å². The Balaban J connectivity index is 1.92. The fourth-order valence-corrected chi connectivity index (χ4v) is 3.56. The van der Waals surface area contributed by atoms with Gasteiger partial charge < -0.3 is 4.42 Å². The molecule has 0 aliphatic rings. The number of carbonyl (C=O) groups is 1. The minimum absolute atomic E-state index is 0.0315. The first-order valence-corrected chi connectivity index (χ1v) is 9.99. The zero-order chi connectivity index (χ0) is 19.7. The lowest BCUT2D eigenvalue weighted by atomic mass is 10.1. The molecule has 4 rings (SSSR count). The van der Waals surface area contributed by atoms with Crippen molar-refractivity contribution in [2.75, 3.05) is 5.32 Å². The lowest BCUT2D eigenvalue weighted by Gasteiger charge is -2.06. The molecular formula is C19H10BrClFN3O2S. The first kappa shape index (κ1) is 18.8. The number of hydrogen-bond donors (Lipinski definition) is 1. The van der Waals surface area contributed by atoms with Crippen LogP contribution in [0.25, 0.3) is 11.0 Å². The fourth-order valence-electron chi connectivity index (χ4n) is 2.48. The van der Waals surface area contributed by atoms with Gasteiger partial charge >= 0.3 is 0 Å². The molecule has 1 amide bonds. The molecule has 0 bridgehead atoms. The lowest BCUT2D eigenvalue weighted by molar-refractivity contribution is 0.102. The van der Waals surface area contributed by atoms with Gasteiger partial charge in [-0.2, -0.15) is 0 Å². The molecule has 0 spiro atoms. The van der Waals surface area contributed by atoms with E-state index in [1.807, 2.05) is 6.07 Å². The van der Waals surface area contributed by atoms with Crippen molar-refractivity contribution >= 4 is 66.6 Å². The quantitative estimate of drug-likeness (QED) is 0.397. The lowest BCUT2D eigenvalue weighted by Crippen LogP contribution is -2.21. The smallest absolute Gasteiger partial charge is 0.262 e. The van der Waals surface area contributed by atoms with Gasteiger partial charge in [0.1, 0.15) is 16.8 Å². The highest BCUT2D eigenvalue weighted by molar-refractivity contribution is 9.10. The van der Waals surface area contributed by atoms with E-state index in [0.29, 0.717) is 16.1 Å². The van der Waals surface area contributed by atoms with Crippen LogP contribution < -0.4 is 10.9 Å². The van der Waals surface area contributed by atoms with E-state index in [2.05, 4.69) is 31.2 Å². The number of nitrogens with one attached hydrogen (secondary N) is 1. The summed E-state index contributed by atoms with van der Waals surface area (Å²) in [7, 11) is 0. The number of halogens is 3. The number of aromatic nitrogens is 1. The Morgan fingerprint density at radius 2 is 2.14 bits per heavy atom. The van der Waals surface area contributed by atoms with Crippen molar-refractivity contribution in [3.8, 4) is 0 Å². The summed E-state index contributed by atoms with van der Waals surface area (Å²) in [6.45, 7) is 0. The zero-order valence-corrected chi connectivity index (χ0v) is 17.1. The summed E-state index contributed by atoms with van der Waals surface area (Å²) >= 11 is 10.5. The van der Waals surface area contributed by atoms with Crippen LogP contribution in [0.2, 0.25) is 5.02 Å². The number of rotatable bonds is 3.